The van der Waals surface area contributed by atoms with Crippen molar-refractivity contribution in [3.05, 3.63) is 23.8 Å². The molecule has 1 aromatic carbocycles. The summed E-state index contributed by atoms with van der Waals surface area (Å²) in [4.78, 5) is 10.7. The van der Waals surface area contributed by atoms with Crippen molar-refractivity contribution in [2.75, 3.05) is 13.2 Å². The zero-order chi connectivity index (χ0) is 12.5. The maximum absolute atomic E-state index is 10.7. The molecule has 0 radical (unpaired) electrons. The normalized spacial score (nSPS) is 10.0. The monoisotopic (exact) mass is 236 g/mol. The number of benzene rings is 1. The molecule has 1 rings (SSSR count). The highest BCUT2D eigenvalue weighted by Gasteiger charge is 2.05. The van der Waals surface area contributed by atoms with Gasteiger partial charge in [-0.25, -0.2) is 0 Å². The standard InChI is InChI=1S/C14H20O3/c1-3-5-6-9-17-13-8-7-12(11-15)10-14(13)16-4-2/h7-8,10-11H,3-6,9H2,1-2H3. The van der Waals surface area contributed by atoms with Gasteiger partial charge in [0, 0.05) is 5.56 Å². The summed E-state index contributed by atoms with van der Waals surface area (Å²) in [6, 6.07) is 5.25. The molecule has 1 aromatic rings. The molecule has 0 atom stereocenters. The van der Waals surface area contributed by atoms with Gasteiger partial charge in [-0.05, 0) is 31.5 Å². The Morgan fingerprint density at radius 3 is 2.59 bits per heavy atom. The molecule has 0 saturated heterocycles. The summed E-state index contributed by atoms with van der Waals surface area (Å²) in [5.74, 6) is 1.36. The van der Waals surface area contributed by atoms with Crippen LogP contribution in [0.4, 0.5) is 0 Å². The van der Waals surface area contributed by atoms with Gasteiger partial charge in [-0.3, -0.25) is 4.79 Å². The van der Waals surface area contributed by atoms with E-state index < -0.39 is 0 Å². The Balaban J connectivity index is 2.65. The Hall–Kier alpha value is -1.51. The summed E-state index contributed by atoms with van der Waals surface area (Å²) < 4.78 is 11.1. The molecule has 0 aliphatic carbocycles. The van der Waals surface area contributed by atoms with Crippen LogP contribution in [-0.4, -0.2) is 19.5 Å². The first kappa shape index (κ1) is 13.6. The lowest BCUT2D eigenvalue weighted by Gasteiger charge is -2.12. The molecule has 94 valence electrons. The van der Waals surface area contributed by atoms with Crippen molar-refractivity contribution in [2.45, 2.75) is 33.1 Å². The summed E-state index contributed by atoms with van der Waals surface area (Å²) in [6.07, 6.45) is 4.18. The lowest BCUT2D eigenvalue weighted by molar-refractivity contribution is 0.112. The fourth-order valence-electron chi connectivity index (χ4n) is 1.52. The van der Waals surface area contributed by atoms with E-state index >= 15 is 0 Å². The number of carbonyl (C=O) groups is 1. The minimum Gasteiger partial charge on any atom is -0.490 e. The molecular formula is C14H20O3. The van der Waals surface area contributed by atoms with E-state index in [4.69, 9.17) is 9.47 Å². The SMILES string of the molecule is CCCCCOc1ccc(C=O)cc1OCC. The molecule has 0 unspecified atom stereocenters. The summed E-state index contributed by atoms with van der Waals surface area (Å²) in [6.45, 7) is 5.32. The Morgan fingerprint density at radius 2 is 1.94 bits per heavy atom. The predicted octanol–water partition coefficient (Wildman–Crippen LogP) is 3.47. The molecule has 3 heteroatoms. The molecule has 0 spiro atoms. The van der Waals surface area contributed by atoms with Crippen LogP contribution in [0.25, 0.3) is 0 Å². The van der Waals surface area contributed by atoms with E-state index in [1.54, 1.807) is 18.2 Å². The largest absolute Gasteiger partial charge is 0.490 e. The molecule has 0 N–H and O–H groups in total. The fourth-order valence-corrected chi connectivity index (χ4v) is 1.52. The molecule has 3 nitrogen and oxygen atoms in total. The van der Waals surface area contributed by atoms with E-state index in [0.717, 1.165) is 19.1 Å². The predicted molar refractivity (Wildman–Crippen MR) is 68.0 cm³/mol. The average molecular weight is 236 g/mol. The molecule has 0 aliphatic rings. The van der Waals surface area contributed by atoms with E-state index in [1.165, 1.54) is 6.42 Å². The van der Waals surface area contributed by atoms with Crippen LogP contribution in [0, 0.1) is 0 Å². The van der Waals surface area contributed by atoms with E-state index in [1.807, 2.05) is 6.92 Å². The van der Waals surface area contributed by atoms with Gasteiger partial charge in [-0.1, -0.05) is 19.8 Å². The molecule has 0 saturated carbocycles. The molecule has 17 heavy (non-hydrogen) atoms. The number of hydrogen-bond donors (Lipinski definition) is 0. The lowest BCUT2D eigenvalue weighted by atomic mass is 10.2. The molecule has 0 heterocycles. The third kappa shape index (κ3) is 4.47. The zero-order valence-electron chi connectivity index (χ0n) is 10.6. The summed E-state index contributed by atoms with van der Waals surface area (Å²) >= 11 is 0. The van der Waals surface area contributed by atoms with Crippen molar-refractivity contribution in [3.63, 3.8) is 0 Å². The lowest BCUT2D eigenvalue weighted by Crippen LogP contribution is -2.01. The minimum atomic E-state index is 0.563. The Labute approximate surface area is 103 Å². The second-order valence-corrected chi connectivity index (χ2v) is 3.81. The van der Waals surface area contributed by atoms with Gasteiger partial charge in [-0.2, -0.15) is 0 Å². The average Bonchev–Trinajstić information content (AvgIpc) is 2.36. The van der Waals surface area contributed by atoms with Crippen molar-refractivity contribution in [1.82, 2.24) is 0 Å². The molecule has 0 bridgehead atoms. The van der Waals surface area contributed by atoms with E-state index in [-0.39, 0.29) is 0 Å². The molecular weight excluding hydrogens is 216 g/mol. The maximum atomic E-state index is 10.7. The maximum Gasteiger partial charge on any atom is 0.161 e. The van der Waals surface area contributed by atoms with Crippen LogP contribution in [0.5, 0.6) is 11.5 Å². The number of aldehydes is 1. The van der Waals surface area contributed by atoms with Gasteiger partial charge in [-0.15, -0.1) is 0 Å². The summed E-state index contributed by atoms with van der Waals surface area (Å²) in [7, 11) is 0. The number of ether oxygens (including phenoxy) is 2. The highest BCUT2D eigenvalue weighted by molar-refractivity contribution is 5.76. The molecule has 0 aliphatic heterocycles. The van der Waals surface area contributed by atoms with Crippen LogP contribution in [-0.2, 0) is 0 Å². The van der Waals surface area contributed by atoms with Crippen LogP contribution in [0.15, 0.2) is 18.2 Å². The highest BCUT2D eigenvalue weighted by atomic mass is 16.5. The Bertz CT molecular complexity index is 347. The molecule has 0 amide bonds. The highest BCUT2D eigenvalue weighted by Crippen LogP contribution is 2.28. The van der Waals surface area contributed by atoms with E-state index in [0.29, 0.717) is 30.3 Å². The van der Waals surface area contributed by atoms with Crippen molar-refractivity contribution < 1.29 is 14.3 Å². The Morgan fingerprint density at radius 1 is 1.12 bits per heavy atom. The van der Waals surface area contributed by atoms with Crippen LogP contribution >= 0.6 is 0 Å². The van der Waals surface area contributed by atoms with Crippen LogP contribution in [0.1, 0.15) is 43.5 Å². The smallest absolute Gasteiger partial charge is 0.161 e. The van der Waals surface area contributed by atoms with Gasteiger partial charge < -0.3 is 9.47 Å². The first-order valence-corrected chi connectivity index (χ1v) is 6.16. The fraction of sp³-hybridized carbons (Fsp3) is 0.500. The first-order chi connectivity index (χ1) is 8.31. The van der Waals surface area contributed by atoms with Gasteiger partial charge in [0.2, 0.25) is 0 Å². The van der Waals surface area contributed by atoms with Crippen molar-refractivity contribution in [3.8, 4) is 11.5 Å². The van der Waals surface area contributed by atoms with Gasteiger partial charge in [0.1, 0.15) is 6.29 Å². The van der Waals surface area contributed by atoms with Crippen LogP contribution in [0.3, 0.4) is 0 Å². The summed E-state index contributed by atoms with van der Waals surface area (Å²) in [5.41, 5.74) is 0.606. The quantitative estimate of drug-likeness (QED) is 0.512. The number of rotatable bonds is 8. The summed E-state index contributed by atoms with van der Waals surface area (Å²) in [5, 5.41) is 0. The third-order valence-corrected chi connectivity index (χ3v) is 2.41. The van der Waals surface area contributed by atoms with Crippen LogP contribution in [0.2, 0.25) is 0 Å². The number of unbranched alkanes of at least 4 members (excludes halogenated alkanes) is 2. The van der Waals surface area contributed by atoms with E-state index in [9.17, 15) is 4.79 Å². The van der Waals surface area contributed by atoms with Gasteiger partial charge in [0.05, 0.1) is 13.2 Å². The Kier molecular flexibility index (Phi) is 6.15. The van der Waals surface area contributed by atoms with Gasteiger partial charge >= 0.3 is 0 Å². The third-order valence-electron chi connectivity index (χ3n) is 2.41. The van der Waals surface area contributed by atoms with Gasteiger partial charge in [0.15, 0.2) is 11.5 Å². The van der Waals surface area contributed by atoms with Crippen molar-refractivity contribution in [1.29, 1.82) is 0 Å². The van der Waals surface area contributed by atoms with Crippen LogP contribution < -0.4 is 9.47 Å². The number of hydrogen-bond acceptors (Lipinski definition) is 3. The van der Waals surface area contributed by atoms with Gasteiger partial charge in [0.25, 0.3) is 0 Å². The second-order valence-electron chi connectivity index (χ2n) is 3.81. The van der Waals surface area contributed by atoms with E-state index in [2.05, 4.69) is 6.92 Å². The topological polar surface area (TPSA) is 35.5 Å². The minimum absolute atomic E-state index is 0.563. The first-order valence-electron chi connectivity index (χ1n) is 6.16. The molecule has 0 fully saturated rings. The number of carbonyl (C=O) groups excluding carboxylic acids is 1. The van der Waals surface area contributed by atoms with Crippen molar-refractivity contribution >= 4 is 6.29 Å². The van der Waals surface area contributed by atoms with Crippen molar-refractivity contribution in [2.24, 2.45) is 0 Å². The second kappa shape index (κ2) is 7.71. The zero-order valence-corrected chi connectivity index (χ0v) is 10.6. The molecule has 0 aromatic heterocycles.